The van der Waals surface area contributed by atoms with E-state index in [1.807, 2.05) is 6.07 Å². The summed E-state index contributed by atoms with van der Waals surface area (Å²) in [5.41, 5.74) is 0.0280. The summed E-state index contributed by atoms with van der Waals surface area (Å²) in [5, 5.41) is 1.30. The highest BCUT2D eigenvalue weighted by Crippen LogP contribution is 2.34. The summed E-state index contributed by atoms with van der Waals surface area (Å²) < 4.78 is 11.3. The van der Waals surface area contributed by atoms with Gasteiger partial charge in [-0.25, -0.2) is 4.79 Å². The Hall–Kier alpha value is -1.41. The third kappa shape index (κ3) is 4.57. The Bertz CT molecular complexity index is 786. The van der Waals surface area contributed by atoms with Crippen LogP contribution < -0.4 is 4.74 Å². The highest BCUT2D eigenvalue weighted by Gasteiger charge is 2.22. The predicted molar refractivity (Wildman–Crippen MR) is 100 cm³/mol. The van der Waals surface area contributed by atoms with Crippen molar-refractivity contribution in [3.63, 3.8) is 0 Å². The third-order valence-electron chi connectivity index (χ3n) is 3.29. The molecule has 0 amide bonds. The zero-order chi connectivity index (χ0) is 17.9. The van der Waals surface area contributed by atoms with Crippen molar-refractivity contribution in [1.82, 2.24) is 4.98 Å². The zero-order valence-electron chi connectivity index (χ0n) is 13.6. The van der Waals surface area contributed by atoms with Gasteiger partial charge in [-0.1, -0.05) is 32.4 Å². The quantitative estimate of drug-likeness (QED) is 0.497. The lowest BCUT2D eigenvalue weighted by Crippen LogP contribution is -2.27. The van der Waals surface area contributed by atoms with Crippen molar-refractivity contribution in [2.24, 2.45) is 5.41 Å². The highest BCUT2D eigenvalue weighted by atomic mass is 127. The predicted octanol–water partition coefficient (Wildman–Crippen LogP) is 4.03. The minimum absolute atomic E-state index is 0.149. The normalized spacial score (nSPS) is 11.4. The van der Waals surface area contributed by atoms with Crippen molar-refractivity contribution in [3.8, 4) is 5.75 Å². The number of fused-ring (bicyclic) bond motifs is 1. The minimum Gasteiger partial charge on any atom is -0.478 e. The molecule has 0 radical (unpaired) electrons. The van der Waals surface area contributed by atoms with E-state index in [4.69, 9.17) is 21.1 Å². The van der Waals surface area contributed by atoms with Crippen LogP contribution in [0.3, 0.4) is 0 Å². The average Bonchev–Trinajstić information content (AvgIpc) is 2.51. The summed E-state index contributed by atoms with van der Waals surface area (Å²) in [6.45, 7) is 4.75. The molecular formula is C17H17ClINO4. The molecule has 1 aromatic heterocycles. The molecule has 1 heterocycles. The van der Waals surface area contributed by atoms with Crippen LogP contribution in [0.15, 0.2) is 24.4 Å². The summed E-state index contributed by atoms with van der Waals surface area (Å²) >= 11 is 8.26. The van der Waals surface area contributed by atoms with Crippen molar-refractivity contribution in [3.05, 3.63) is 33.0 Å². The number of nitrogens with zero attached hydrogens (tertiary/aromatic N) is 1. The third-order valence-corrected chi connectivity index (χ3v) is 4.40. The van der Waals surface area contributed by atoms with Gasteiger partial charge in [0, 0.05) is 17.0 Å². The molecule has 1 aromatic carbocycles. The Morgan fingerprint density at radius 3 is 2.67 bits per heavy atom. The van der Waals surface area contributed by atoms with Gasteiger partial charge < -0.3 is 9.47 Å². The van der Waals surface area contributed by atoms with Crippen LogP contribution in [0.5, 0.6) is 5.75 Å². The summed E-state index contributed by atoms with van der Waals surface area (Å²) in [7, 11) is 0. The van der Waals surface area contributed by atoms with E-state index in [9.17, 15) is 9.59 Å². The molecule has 7 heteroatoms. The second-order valence-electron chi connectivity index (χ2n) is 6.19. The van der Waals surface area contributed by atoms with Crippen molar-refractivity contribution in [2.75, 3.05) is 13.2 Å². The maximum atomic E-state index is 11.8. The van der Waals surface area contributed by atoms with Gasteiger partial charge in [0.25, 0.3) is 0 Å². The van der Waals surface area contributed by atoms with E-state index < -0.39 is 11.4 Å². The van der Waals surface area contributed by atoms with Gasteiger partial charge in [0.2, 0.25) is 0 Å². The van der Waals surface area contributed by atoms with Gasteiger partial charge >= 0.3 is 5.97 Å². The van der Waals surface area contributed by atoms with E-state index in [0.717, 1.165) is 8.96 Å². The lowest BCUT2D eigenvalue weighted by Gasteiger charge is -2.16. The number of hydrogen-bond donors (Lipinski definition) is 0. The fraction of sp³-hybridized carbons (Fsp3) is 0.353. The number of rotatable bonds is 5. The van der Waals surface area contributed by atoms with Crippen LogP contribution >= 0.6 is 34.2 Å². The van der Waals surface area contributed by atoms with Gasteiger partial charge in [0.05, 0.1) is 8.59 Å². The first kappa shape index (κ1) is 18.9. The molecule has 5 nitrogen and oxygen atoms in total. The minimum atomic E-state index is -0.609. The maximum absolute atomic E-state index is 11.8. The van der Waals surface area contributed by atoms with E-state index in [2.05, 4.69) is 27.6 Å². The topological polar surface area (TPSA) is 65.5 Å². The van der Waals surface area contributed by atoms with Gasteiger partial charge in [-0.05, 0) is 40.8 Å². The average molecular weight is 462 g/mol. The Morgan fingerprint density at radius 1 is 1.29 bits per heavy atom. The Morgan fingerprint density at radius 2 is 2.00 bits per heavy atom. The summed E-state index contributed by atoms with van der Waals surface area (Å²) in [6.07, 6.45) is 1.63. The van der Waals surface area contributed by atoms with E-state index in [1.165, 1.54) is 0 Å². The van der Waals surface area contributed by atoms with Crippen molar-refractivity contribution < 1.29 is 19.1 Å². The number of ether oxygens (including phenoxy) is 2. The monoisotopic (exact) mass is 461 g/mol. The number of esters is 1. The van der Waals surface area contributed by atoms with Gasteiger partial charge in [0.15, 0.2) is 24.7 Å². The van der Waals surface area contributed by atoms with Crippen molar-refractivity contribution >= 4 is 56.8 Å². The lowest BCUT2D eigenvalue weighted by molar-refractivity contribution is -0.151. The fourth-order valence-electron chi connectivity index (χ4n) is 1.82. The molecule has 0 aliphatic carbocycles. The number of hydrogen-bond acceptors (Lipinski definition) is 5. The second-order valence-corrected chi connectivity index (χ2v) is 7.76. The molecule has 0 spiro atoms. The molecule has 2 aromatic rings. The largest absolute Gasteiger partial charge is 0.478 e. The first-order valence-electron chi connectivity index (χ1n) is 7.24. The maximum Gasteiger partial charge on any atom is 0.344 e. The molecule has 0 N–H and O–H groups in total. The standard InChI is InChI=1S/C17H17ClINO4/c1-17(2,3)13(21)8-23-14(22)9-24-16-12(19)7-11(18)10-5-4-6-20-15(10)16/h4-7H,8-9H2,1-3H3. The molecule has 0 fully saturated rings. The van der Waals surface area contributed by atoms with Gasteiger partial charge in [-0.2, -0.15) is 0 Å². The van der Waals surface area contributed by atoms with E-state index in [0.29, 0.717) is 16.3 Å². The first-order chi connectivity index (χ1) is 11.2. The number of Topliss-reactive ketones (excluding diaryl/α,β-unsaturated/α-hetero) is 1. The molecule has 0 saturated carbocycles. The second kappa shape index (κ2) is 7.65. The van der Waals surface area contributed by atoms with Gasteiger partial charge in [0.1, 0.15) is 5.52 Å². The number of aromatic nitrogens is 1. The summed E-state index contributed by atoms with van der Waals surface area (Å²) in [6, 6.07) is 5.35. The number of benzene rings is 1. The molecule has 0 aliphatic heterocycles. The Balaban J connectivity index is 2.06. The number of carbonyl (C=O) groups excluding carboxylic acids is 2. The van der Waals surface area contributed by atoms with Gasteiger partial charge in [-0.15, -0.1) is 0 Å². The fourth-order valence-corrected chi connectivity index (χ4v) is 2.99. The van der Waals surface area contributed by atoms with Crippen LogP contribution in [0, 0.1) is 8.99 Å². The highest BCUT2D eigenvalue weighted by molar-refractivity contribution is 14.1. The molecule has 0 saturated heterocycles. The van der Waals surface area contributed by atoms with Crippen LogP contribution in [0.2, 0.25) is 5.02 Å². The van der Waals surface area contributed by atoms with Gasteiger partial charge in [-0.3, -0.25) is 9.78 Å². The van der Waals surface area contributed by atoms with E-state index >= 15 is 0 Å². The number of pyridine rings is 1. The van der Waals surface area contributed by atoms with Crippen molar-refractivity contribution in [2.45, 2.75) is 20.8 Å². The Kier molecular flexibility index (Phi) is 6.03. The van der Waals surface area contributed by atoms with Crippen LogP contribution in [0.4, 0.5) is 0 Å². The SMILES string of the molecule is CC(C)(C)C(=O)COC(=O)COc1c(I)cc(Cl)c2cccnc12. The smallest absolute Gasteiger partial charge is 0.344 e. The number of ketones is 1. The molecule has 2 rings (SSSR count). The summed E-state index contributed by atoms with van der Waals surface area (Å²) in [4.78, 5) is 27.8. The summed E-state index contributed by atoms with van der Waals surface area (Å²) in [5.74, 6) is -0.291. The Labute approximate surface area is 158 Å². The van der Waals surface area contributed by atoms with Crippen LogP contribution in [-0.2, 0) is 14.3 Å². The first-order valence-corrected chi connectivity index (χ1v) is 8.70. The molecule has 128 valence electrons. The zero-order valence-corrected chi connectivity index (χ0v) is 16.5. The van der Waals surface area contributed by atoms with Crippen LogP contribution in [0.1, 0.15) is 20.8 Å². The van der Waals surface area contributed by atoms with Crippen molar-refractivity contribution in [1.29, 1.82) is 0 Å². The van der Waals surface area contributed by atoms with Crippen LogP contribution in [-0.4, -0.2) is 30.0 Å². The van der Waals surface area contributed by atoms with E-state index in [-0.39, 0.29) is 19.0 Å². The molecule has 0 aliphatic rings. The lowest BCUT2D eigenvalue weighted by atomic mass is 9.91. The number of carbonyl (C=O) groups is 2. The van der Waals surface area contributed by atoms with E-state index in [1.54, 1.807) is 39.1 Å². The molecule has 0 bridgehead atoms. The van der Waals surface area contributed by atoms with Crippen LogP contribution in [0.25, 0.3) is 10.9 Å². The molecule has 0 unspecified atom stereocenters. The molecule has 24 heavy (non-hydrogen) atoms. The molecule has 0 atom stereocenters. The number of halogens is 2. The molecular weight excluding hydrogens is 445 g/mol.